The maximum Gasteiger partial charge on any atom is 0.408 e. The van der Waals surface area contributed by atoms with E-state index < -0.39 is 40.9 Å². The molecule has 43 heavy (non-hydrogen) atoms. The summed E-state index contributed by atoms with van der Waals surface area (Å²) >= 11 is 4.88. The number of anilines is 1. The average Bonchev–Trinajstić information content (AvgIpc) is 3.60. The van der Waals surface area contributed by atoms with Gasteiger partial charge in [-0.1, -0.05) is 28.3 Å². The van der Waals surface area contributed by atoms with Crippen LogP contribution in [0.25, 0.3) is 0 Å². The summed E-state index contributed by atoms with van der Waals surface area (Å²) in [5.74, 6) is -2.07. The third-order valence-electron chi connectivity index (χ3n) is 5.46. The summed E-state index contributed by atoms with van der Waals surface area (Å²) < 4.78 is 5.76. The van der Waals surface area contributed by atoms with E-state index in [1.54, 1.807) is 20.8 Å². The maximum atomic E-state index is 13.1. The number of ether oxygens (including phenoxy) is 1. The molecule has 2 aliphatic heterocycles. The van der Waals surface area contributed by atoms with E-state index >= 15 is 0 Å². The minimum Gasteiger partial charge on any atom is -0.477 e. The molecule has 0 aromatic carbocycles. The molecule has 4 heterocycles. The Balaban J connectivity index is 1.38. The molecule has 1 fully saturated rings. The molecule has 16 nitrogen and oxygen atoms in total. The number of β-lactam (4-membered cyclic amide) rings is 1. The fourth-order valence-electron chi connectivity index (χ4n) is 3.78. The number of nitrogens with zero attached hydrogens (tertiary/aromatic N) is 5. The predicted molar refractivity (Wildman–Crippen MR) is 159 cm³/mol. The number of fused-ring (bicyclic) bond motifs is 1. The molecule has 0 aliphatic carbocycles. The Hall–Kier alpha value is -3.75. The van der Waals surface area contributed by atoms with E-state index in [0.717, 1.165) is 16.2 Å². The summed E-state index contributed by atoms with van der Waals surface area (Å²) in [5, 5.41) is 31.0. The Bertz CT molecular complexity index is 1480. The molecule has 2 atom stereocenters. The van der Waals surface area contributed by atoms with Crippen molar-refractivity contribution in [2.24, 2.45) is 5.16 Å². The molecule has 4 rings (SSSR count). The van der Waals surface area contributed by atoms with Gasteiger partial charge in [-0.15, -0.1) is 33.3 Å². The van der Waals surface area contributed by atoms with Gasteiger partial charge in [0, 0.05) is 16.9 Å². The van der Waals surface area contributed by atoms with E-state index in [1.807, 2.05) is 0 Å². The van der Waals surface area contributed by atoms with Crippen LogP contribution in [0.1, 0.15) is 31.5 Å². The molecule has 1 saturated heterocycles. The Labute approximate surface area is 261 Å². The summed E-state index contributed by atoms with van der Waals surface area (Å²) in [6.45, 7) is 5.39. The van der Waals surface area contributed by atoms with Crippen molar-refractivity contribution in [1.29, 1.82) is 0 Å². The van der Waals surface area contributed by atoms with Crippen LogP contribution in [0.4, 0.5) is 9.93 Å². The highest BCUT2D eigenvalue weighted by atomic mass is 32.2. The third kappa shape index (κ3) is 7.80. The number of oxime groups is 1. The number of carboxylic acid groups (broad SMARTS) is 1. The maximum absolute atomic E-state index is 13.1. The van der Waals surface area contributed by atoms with Crippen LogP contribution in [0.3, 0.4) is 0 Å². The van der Waals surface area contributed by atoms with Gasteiger partial charge in [0.25, 0.3) is 11.8 Å². The van der Waals surface area contributed by atoms with Gasteiger partial charge in [0.1, 0.15) is 40.5 Å². The van der Waals surface area contributed by atoms with Crippen LogP contribution in [0.15, 0.2) is 26.1 Å². The van der Waals surface area contributed by atoms with Gasteiger partial charge in [0.15, 0.2) is 15.2 Å². The minimum atomic E-state index is -1.27. The summed E-state index contributed by atoms with van der Waals surface area (Å²) in [7, 11) is 1.24. The molecule has 0 bridgehead atoms. The van der Waals surface area contributed by atoms with Crippen LogP contribution in [-0.2, 0) is 35.3 Å². The van der Waals surface area contributed by atoms with E-state index in [0.29, 0.717) is 27.1 Å². The van der Waals surface area contributed by atoms with Crippen molar-refractivity contribution in [1.82, 2.24) is 30.7 Å². The molecule has 0 saturated carbocycles. The van der Waals surface area contributed by atoms with Crippen LogP contribution in [0.5, 0.6) is 0 Å². The monoisotopic (exact) mass is 670 g/mol. The summed E-state index contributed by atoms with van der Waals surface area (Å²) in [6, 6.07) is -1.00. The Morgan fingerprint density at radius 3 is 2.74 bits per heavy atom. The van der Waals surface area contributed by atoms with Crippen LogP contribution in [-0.4, -0.2) is 96.8 Å². The van der Waals surface area contributed by atoms with Gasteiger partial charge in [-0.25, -0.2) is 14.6 Å². The molecule has 0 spiro atoms. The SMILES string of the molecule is CON=C(C(=O)NC1C(=O)N2C(C(=O)O)=C(CSc3nnc(CNC(=O)OC(C)(C)C)s3)CS[C@H]12)c1csc(NC=O)n1. The van der Waals surface area contributed by atoms with Gasteiger partial charge in [0.05, 0.1) is 6.54 Å². The summed E-state index contributed by atoms with van der Waals surface area (Å²) in [4.78, 5) is 70.9. The summed E-state index contributed by atoms with van der Waals surface area (Å²) in [6.07, 6.45) is -0.141. The van der Waals surface area contributed by atoms with Crippen molar-refractivity contribution >= 4 is 87.3 Å². The average molecular weight is 671 g/mol. The van der Waals surface area contributed by atoms with Crippen molar-refractivity contribution in [3.63, 3.8) is 0 Å². The predicted octanol–water partition coefficient (Wildman–Crippen LogP) is 1.47. The molecule has 2 aromatic heterocycles. The number of carboxylic acids is 1. The second kappa shape index (κ2) is 13.7. The van der Waals surface area contributed by atoms with Crippen LogP contribution < -0.4 is 16.0 Å². The summed E-state index contributed by atoms with van der Waals surface area (Å²) in [5.41, 5.74) is -0.350. The first-order valence-corrected chi connectivity index (χ1v) is 16.0. The topological polar surface area (TPSA) is 214 Å². The molecule has 4 N–H and O–H groups in total. The molecule has 2 aliphatic rings. The number of nitrogens with one attached hydrogen (secondary N) is 3. The lowest BCUT2D eigenvalue weighted by Gasteiger charge is -2.49. The molecule has 1 unspecified atom stereocenters. The highest BCUT2D eigenvalue weighted by molar-refractivity contribution is 8.01. The number of aromatic nitrogens is 3. The lowest BCUT2D eigenvalue weighted by atomic mass is 10.0. The fraction of sp³-hybridized carbons (Fsp3) is 0.435. The Kier molecular flexibility index (Phi) is 10.2. The lowest BCUT2D eigenvalue weighted by Crippen LogP contribution is -2.71. The van der Waals surface area contributed by atoms with Crippen molar-refractivity contribution < 1.29 is 38.7 Å². The number of thioether (sulfide) groups is 2. The number of hydrogen-bond acceptors (Lipinski definition) is 15. The van der Waals surface area contributed by atoms with Gasteiger partial charge < -0.3 is 30.6 Å². The quantitative estimate of drug-likeness (QED) is 0.0829. The van der Waals surface area contributed by atoms with Gasteiger partial charge in [-0.2, -0.15) is 0 Å². The van der Waals surface area contributed by atoms with Crippen molar-refractivity contribution in [2.75, 3.05) is 23.9 Å². The van der Waals surface area contributed by atoms with Crippen molar-refractivity contribution in [2.45, 2.75) is 48.7 Å². The molecular formula is C23H26N8O8S4. The van der Waals surface area contributed by atoms with Gasteiger partial charge in [-0.3, -0.25) is 19.3 Å². The first kappa shape index (κ1) is 32.2. The van der Waals surface area contributed by atoms with E-state index in [9.17, 15) is 29.1 Å². The highest BCUT2D eigenvalue weighted by Gasteiger charge is 2.54. The number of rotatable bonds is 12. The number of amides is 4. The lowest BCUT2D eigenvalue weighted by molar-refractivity contribution is -0.150. The van der Waals surface area contributed by atoms with Gasteiger partial charge in [0.2, 0.25) is 6.41 Å². The standard InChI is InChI=1S/C23H26N8O8S4/c1-23(2,3)39-21(37)24-5-12-28-29-22(43-12)42-7-10-6-40-18-14(17(34)31(18)15(10)19(35)36)27-16(33)13(30-38-4)11-8-41-20(26-11)25-9-32/h8-9,14,18H,5-7H2,1-4H3,(H,24,37)(H,27,33)(H,35,36)(H,25,26,32)/t14?,18-/m1/s1. The van der Waals surface area contributed by atoms with E-state index in [4.69, 9.17) is 9.57 Å². The zero-order chi connectivity index (χ0) is 31.3. The van der Waals surface area contributed by atoms with Gasteiger partial charge in [-0.05, 0) is 26.3 Å². The van der Waals surface area contributed by atoms with Crippen molar-refractivity contribution in [3.8, 4) is 0 Å². The molecule has 230 valence electrons. The number of aliphatic carboxylic acids is 1. The highest BCUT2D eigenvalue weighted by Crippen LogP contribution is 2.41. The zero-order valence-electron chi connectivity index (χ0n) is 23.1. The first-order chi connectivity index (χ1) is 20.4. The molecule has 4 amide bonds. The van der Waals surface area contributed by atoms with E-state index in [-0.39, 0.29) is 34.5 Å². The van der Waals surface area contributed by atoms with E-state index in [1.165, 1.54) is 47.4 Å². The van der Waals surface area contributed by atoms with Crippen LogP contribution >= 0.6 is 46.2 Å². The van der Waals surface area contributed by atoms with E-state index in [2.05, 4.69) is 36.3 Å². The second-order valence-corrected chi connectivity index (χ2v) is 13.9. The number of alkyl carbamates (subject to hydrolysis) is 1. The molecule has 2 aromatic rings. The minimum absolute atomic E-state index is 0.124. The normalized spacial score (nSPS) is 18.4. The largest absolute Gasteiger partial charge is 0.477 e. The first-order valence-electron chi connectivity index (χ1n) is 12.3. The number of thiazole rings is 1. The number of carbonyl (C=O) groups is 5. The number of carbonyl (C=O) groups excluding carboxylic acids is 4. The Morgan fingerprint density at radius 1 is 1.30 bits per heavy atom. The van der Waals surface area contributed by atoms with Crippen LogP contribution in [0.2, 0.25) is 0 Å². The number of hydrogen-bond donors (Lipinski definition) is 4. The molecule has 0 radical (unpaired) electrons. The smallest absolute Gasteiger partial charge is 0.408 e. The zero-order valence-corrected chi connectivity index (χ0v) is 26.4. The molecular weight excluding hydrogens is 645 g/mol. The third-order valence-corrected chi connectivity index (χ3v) is 9.72. The van der Waals surface area contributed by atoms with Crippen LogP contribution in [0, 0.1) is 0 Å². The fourth-order valence-corrected chi connectivity index (χ4v) is 7.75. The van der Waals surface area contributed by atoms with Gasteiger partial charge >= 0.3 is 12.1 Å². The van der Waals surface area contributed by atoms with Crippen molar-refractivity contribution in [3.05, 3.63) is 27.4 Å². The molecule has 20 heteroatoms. The Morgan fingerprint density at radius 2 is 2.07 bits per heavy atom. The second-order valence-electron chi connectivity index (χ2n) is 9.65.